The first-order valence-corrected chi connectivity index (χ1v) is 11.4. The van der Waals surface area contributed by atoms with E-state index in [2.05, 4.69) is 31.1 Å². The summed E-state index contributed by atoms with van der Waals surface area (Å²) in [6.45, 7) is 6.93. The molecule has 3 heterocycles. The van der Waals surface area contributed by atoms with Crippen molar-refractivity contribution in [1.29, 1.82) is 0 Å². The first kappa shape index (κ1) is 23.6. The van der Waals surface area contributed by atoms with Crippen LogP contribution in [0.1, 0.15) is 36.8 Å². The molecule has 0 fully saturated rings. The first-order valence-electron chi connectivity index (χ1n) is 10.6. The highest BCUT2D eigenvalue weighted by Gasteiger charge is 2.23. The summed E-state index contributed by atoms with van der Waals surface area (Å²) >= 11 is 3.26. The summed E-state index contributed by atoms with van der Waals surface area (Å²) in [7, 11) is 0. The van der Waals surface area contributed by atoms with Crippen LogP contribution in [-0.2, 0) is 13.1 Å². The lowest BCUT2D eigenvalue weighted by atomic mass is 10.00. The molecule has 1 atom stereocenters. The molecule has 9 nitrogen and oxygen atoms in total. The number of ether oxygens (including phenoxy) is 1. The Bertz CT molecular complexity index is 1350. The molecule has 0 N–H and O–H groups in total. The van der Waals surface area contributed by atoms with Gasteiger partial charge in [0, 0.05) is 41.7 Å². The monoisotopic (exact) mass is 528 g/mol. The molecule has 34 heavy (non-hydrogen) atoms. The average Bonchev–Trinajstić information content (AvgIpc) is 3.40. The van der Waals surface area contributed by atoms with Gasteiger partial charge in [0.1, 0.15) is 11.9 Å². The van der Waals surface area contributed by atoms with Crippen LogP contribution in [0.2, 0.25) is 0 Å². The highest BCUT2D eigenvalue weighted by atomic mass is 79.9. The third-order valence-electron chi connectivity index (χ3n) is 5.41. The number of hydrogen-bond acceptors (Lipinski definition) is 6. The van der Waals surface area contributed by atoms with Crippen LogP contribution in [0.25, 0.3) is 11.3 Å². The fourth-order valence-electron chi connectivity index (χ4n) is 3.72. The molecule has 0 bridgehead atoms. The minimum Gasteiger partial charge on any atom is -0.478 e. The van der Waals surface area contributed by atoms with Gasteiger partial charge in [0.05, 0.1) is 22.4 Å². The topological polar surface area (TPSA) is 101 Å². The molecule has 1 aromatic carbocycles. The van der Waals surface area contributed by atoms with Crippen molar-refractivity contribution in [2.45, 2.75) is 40.0 Å². The number of nitro groups is 1. The summed E-state index contributed by atoms with van der Waals surface area (Å²) < 4.78 is 24.4. The molecule has 0 aliphatic heterocycles. The molecule has 0 spiro atoms. The third kappa shape index (κ3) is 4.84. The van der Waals surface area contributed by atoms with Gasteiger partial charge in [0.15, 0.2) is 6.20 Å². The molecule has 0 radical (unpaired) electrons. The van der Waals surface area contributed by atoms with Gasteiger partial charge in [-0.25, -0.2) is 4.39 Å². The summed E-state index contributed by atoms with van der Waals surface area (Å²) in [6, 6.07) is 7.71. The Hall–Kier alpha value is -3.60. The fourth-order valence-corrected chi connectivity index (χ4v) is 4.03. The molecular weight excluding hydrogens is 507 g/mol. The van der Waals surface area contributed by atoms with Crippen molar-refractivity contribution >= 4 is 21.7 Å². The van der Waals surface area contributed by atoms with Crippen LogP contribution >= 0.6 is 15.9 Å². The first-order chi connectivity index (χ1) is 16.3. The summed E-state index contributed by atoms with van der Waals surface area (Å²) in [6.07, 6.45) is 4.27. The van der Waals surface area contributed by atoms with Gasteiger partial charge in [-0.1, -0.05) is 0 Å². The van der Waals surface area contributed by atoms with Crippen molar-refractivity contribution < 1.29 is 14.1 Å². The summed E-state index contributed by atoms with van der Waals surface area (Å²) in [5, 5.41) is 20.3. The summed E-state index contributed by atoms with van der Waals surface area (Å²) in [4.78, 5) is 14.6. The second kappa shape index (κ2) is 9.72. The highest BCUT2D eigenvalue weighted by molar-refractivity contribution is 9.10. The second-order valence-electron chi connectivity index (χ2n) is 7.69. The van der Waals surface area contributed by atoms with E-state index < -0.39 is 22.7 Å². The maximum Gasteiger partial charge on any atom is 0.406 e. The molecule has 4 aromatic rings. The predicted molar refractivity (Wildman–Crippen MR) is 127 cm³/mol. The Morgan fingerprint density at radius 3 is 2.79 bits per heavy atom. The molecule has 4 rings (SSSR count). The molecule has 0 aliphatic rings. The lowest BCUT2D eigenvalue weighted by molar-refractivity contribution is -0.390. The van der Waals surface area contributed by atoms with E-state index in [1.807, 2.05) is 35.5 Å². The van der Waals surface area contributed by atoms with Gasteiger partial charge in [-0.2, -0.15) is 10.2 Å². The van der Waals surface area contributed by atoms with Crippen molar-refractivity contribution in [2.24, 2.45) is 0 Å². The van der Waals surface area contributed by atoms with E-state index in [0.29, 0.717) is 22.1 Å². The van der Waals surface area contributed by atoms with Crippen LogP contribution in [0.5, 0.6) is 5.75 Å². The number of aryl methyl sites for hydroxylation is 2. The van der Waals surface area contributed by atoms with Crippen molar-refractivity contribution in [2.75, 3.05) is 0 Å². The standard InChI is InChI=1S/C23H22BrFN6O3/c1-4-29-12-16(14(2)28-29)13-30-21(7-8-27-30)19-6-5-18(25)10-20(19)15(3)34-22-9-17(24)11-26-23(22)31(32)33/h5-12,15H,4,13H2,1-3H3/t15-/m1/s1. The van der Waals surface area contributed by atoms with E-state index in [1.54, 1.807) is 19.2 Å². The number of benzene rings is 1. The molecule has 3 aromatic heterocycles. The largest absolute Gasteiger partial charge is 0.478 e. The number of pyridine rings is 1. The van der Waals surface area contributed by atoms with E-state index in [1.165, 1.54) is 24.4 Å². The van der Waals surface area contributed by atoms with Crippen molar-refractivity contribution in [3.05, 3.63) is 86.1 Å². The van der Waals surface area contributed by atoms with Crippen LogP contribution < -0.4 is 4.74 Å². The number of nitrogens with zero attached hydrogens (tertiary/aromatic N) is 6. The van der Waals surface area contributed by atoms with Gasteiger partial charge in [-0.05, 0) is 70.9 Å². The number of rotatable bonds is 8. The van der Waals surface area contributed by atoms with E-state index in [-0.39, 0.29) is 5.75 Å². The molecule has 0 saturated carbocycles. The van der Waals surface area contributed by atoms with Crippen molar-refractivity contribution in [3.8, 4) is 17.0 Å². The fraction of sp³-hybridized carbons (Fsp3) is 0.261. The van der Waals surface area contributed by atoms with Crippen molar-refractivity contribution in [1.82, 2.24) is 24.5 Å². The SMILES string of the molecule is CCn1cc(Cn2nccc2-c2ccc(F)cc2[C@@H](C)Oc2cc(Br)cnc2[N+](=O)[O-])c(C)n1. The summed E-state index contributed by atoms with van der Waals surface area (Å²) in [5.41, 5.74) is 3.93. The molecule has 176 valence electrons. The zero-order valence-corrected chi connectivity index (χ0v) is 20.4. The highest BCUT2D eigenvalue weighted by Crippen LogP contribution is 2.35. The van der Waals surface area contributed by atoms with Crippen LogP contribution in [0, 0.1) is 22.9 Å². The maximum atomic E-state index is 14.3. The molecule has 0 amide bonds. The number of hydrogen-bond donors (Lipinski definition) is 0. The zero-order valence-electron chi connectivity index (χ0n) is 18.8. The van der Waals surface area contributed by atoms with Gasteiger partial charge in [-0.15, -0.1) is 0 Å². The zero-order chi connectivity index (χ0) is 24.4. The molecule has 11 heteroatoms. The van der Waals surface area contributed by atoms with E-state index in [0.717, 1.165) is 23.5 Å². The molecule has 0 unspecified atom stereocenters. The van der Waals surface area contributed by atoms with Gasteiger partial charge in [0.25, 0.3) is 0 Å². The predicted octanol–water partition coefficient (Wildman–Crippen LogP) is 5.47. The van der Waals surface area contributed by atoms with E-state index >= 15 is 0 Å². The number of halogens is 2. The van der Waals surface area contributed by atoms with Gasteiger partial charge in [-0.3, -0.25) is 9.36 Å². The van der Waals surface area contributed by atoms with Gasteiger partial charge >= 0.3 is 5.82 Å². The van der Waals surface area contributed by atoms with Crippen LogP contribution in [0.4, 0.5) is 10.2 Å². The van der Waals surface area contributed by atoms with Crippen molar-refractivity contribution in [3.63, 3.8) is 0 Å². The lowest BCUT2D eigenvalue weighted by Gasteiger charge is -2.19. The summed E-state index contributed by atoms with van der Waals surface area (Å²) in [5.74, 6) is -0.873. The average molecular weight is 529 g/mol. The minimum absolute atomic E-state index is 0.0156. The Labute approximate surface area is 203 Å². The van der Waals surface area contributed by atoms with Gasteiger partial charge < -0.3 is 14.9 Å². The third-order valence-corrected chi connectivity index (χ3v) is 5.85. The molecule has 0 saturated heterocycles. The Balaban J connectivity index is 1.71. The van der Waals surface area contributed by atoms with Crippen LogP contribution in [-0.4, -0.2) is 29.5 Å². The maximum absolute atomic E-state index is 14.3. The Morgan fingerprint density at radius 2 is 2.09 bits per heavy atom. The smallest absolute Gasteiger partial charge is 0.406 e. The quantitative estimate of drug-likeness (QED) is 0.222. The van der Waals surface area contributed by atoms with Crippen LogP contribution in [0.15, 0.2) is 53.4 Å². The molecular formula is C23H22BrFN6O3. The Morgan fingerprint density at radius 1 is 1.29 bits per heavy atom. The van der Waals surface area contributed by atoms with E-state index in [4.69, 9.17) is 4.74 Å². The normalized spacial score (nSPS) is 12.0. The molecule has 0 aliphatic carbocycles. The van der Waals surface area contributed by atoms with E-state index in [9.17, 15) is 14.5 Å². The minimum atomic E-state index is -0.714. The van der Waals surface area contributed by atoms with Gasteiger partial charge in [0.2, 0.25) is 5.75 Å². The second-order valence-corrected chi connectivity index (χ2v) is 8.61. The number of aromatic nitrogens is 5. The van der Waals surface area contributed by atoms with Crippen LogP contribution in [0.3, 0.4) is 0 Å². The Kier molecular flexibility index (Phi) is 6.73. The lowest BCUT2D eigenvalue weighted by Crippen LogP contribution is -2.10.